The molecule has 0 aliphatic carbocycles. The molecule has 1 atom stereocenters. The molecule has 198 valence electrons. The first kappa shape index (κ1) is 29.3. The maximum absolute atomic E-state index is 14.4. The van der Waals surface area contributed by atoms with Gasteiger partial charge >= 0.3 is 0 Å². The summed E-state index contributed by atoms with van der Waals surface area (Å²) >= 11 is 0. The van der Waals surface area contributed by atoms with E-state index in [-0.39, 0.29) is 37.7 Å². The zero-order valence-electron chi connectivity index (χ0n) is 21.9. The Morgan fingerprint density at radius 3 is 2.28 bits per heavy atom. The predicted octanol–water partition coefficient (Wildman–Crippen LogP) is 4.32. The highest BCUT2D eigenvalue weighted by Gasteiger charge is 2.27. The van der Waals surface area contributed by atoms with Crippen LogP contribution in [-0.2, 0) is 26.2 Å². The third-order valence-electron chi connectivity index (χ3n) is 5.94. The Morgan fingerprint density at radius 2 is 1.69 bits per heavy atom. The lowest BCUT2D eigenvalue weighted by atomic mass is 10.1. The first-order valence-corrected chi connectivity index (χ1v) is 14.2. The van der Waals surface area contributed by atoms with E-state index in [1.165, 1.54) is 15.3 Å². The van der Waals surface area contributed by atoms with Gasteiger partial charge in [0.2, 0.25) is 21.8 Å². The molecule has 7 nitrogen and oxygen atoms in total. The SMILES string of the molecule is CCCCNC(=O)[C@H](C)N(Cc1ccccc1F)C(=O)CCCN(c1cc(C)cc(C)c1)S(C)(=O)=O. The maximum atomic E-state index is 14.4. The molecule has 0 saturated carbocycles. The molecule has 0 aliphatic heterocycles. The largest absolute Gasteiger partial charge is 0.354 e. The van der Waals surface area contributed by atoms with Gasteiger partial charge in [0.05, 0.1) is 11.9 Å². The van der Waals surface area contributed by atoms with Crippen molar-refractivity contribution in [3.8, 4) is 0 Å². The van der Waals surface area contributed by atoms with E-state index in [4.69, 9.17) is 0 Å². The number of hydrogen-bond donors (Lipinski definition) is 1. The van der Waals surface area contributed by atoms with Gasteiger partial charge < -0.3 is 10.2 Å². The number of nitrogens with one attached hydrogen (secondary N) is 1. The van der Waals surface area contributed by atoms with E-state index in [0.29, 0.717) is 17.8 Å². The summed E-state index contributed by atoms with van der Waals surface area (Å²) in [5, 5.41) is 2.83. The Bertz CT molecular complexity index is 1130. The van der Waals surface area contributed by atoms with Crippen molar-refractivity contribution in [3.63, 3.8) is 0 Å². The fourth-order valence-electron chi connectivity index (χ4n) is 4.03. The van der Waals surface area contributed by atoms with Crippen LogP contribution >= 0.6 is 0 Å². The summed E-state index contributed by atoms with van der Waals surface area (Å²) in [6, 6.07) is 10.9. The quantitative estimate of drug-likeness (QED) is 0.399. The minimum Gasteiger partial charge on any atom is -0.354 e. The number of halogens is 1. The Balaban J connectivity index is 2.18. The Labute approximate surface area is 214 Å². The fourth-order valence-corrected chi connectivity index (χ4v) is 4.98. The van der Waals surface area contributed by atoms with E-state index < -0.39 is 21.9 Å². The highest BCUT2D eigenvalue weighted by Crippen LogP contribution is 2.22. The zero-order valence-corrected chi connectivity index (χ0v) is 22.7. The van der Waals surface area contributed by atoms with Crippen LogP contribution in [0.15, 0.2) is 42.5 Å². The van der Waals surface area contributed by atoms with Gasteiger partial charge in [0.1, 0.15) is 11.9 Å². The van der Waals surface area contributed by atoms with Gasteiger partial charge in [0, 0.05) is 31.6 Å². The summed E-state index contributed by atoms with van der Waals surface area (Å²) < 4.78 is 40.7. The van der Waals surface area contributed by atoms with Gasteiger partial charge in [-0.15, -0.1) is 0 Å². The average Bonchev–Trinajstić information content (AvgIpc) is 2.79. The minimum absolute atomic E-state index is 0.0118. The van der Waals surface area contributed by atoms with Crippen molar-refractivity contribution in [2.45, 2.75) is 66.0 Å². The second-order valence-electron chi connectivity index (χ2n) is 9.22. The molecular formula is C27H38FN3O4S. The molecule has 0 spiro atoms. The van der Waals surface area contributed by atoms with Crippen LogP contribution in [0.4, 0.5) is 10.1 Å². The van der Waals surface area contributed by atoms with Crippen LogP contribution < -0.4 is 9.62 Å². The fraction of sp³-hybridized carbons (Fsp3) is 0.481. The third-order valence-corrected chi connectivity index (χ3v) is 7.14. The second kappa shape index (κ2) is 13.4. The van der Waals surface area contributed by atoms with Gasteiger partial charge in [-0.05, 0) is 62.9 Å². The summed E-state index contributed by atoms with van der Waals surface area (Å²) in [6.07, 6.45) is 3.14. The lowest BCUT2D eigenvalue weighted by Gasteiger charge is -2.29. The number of amides is 2. The third kappa shape index (κ3) is 8.62. The molecule has 0 aliphatic rings. The van der Waals surface area contributed by atoms with E-state index in [0.717, 1.165) is 30.2 Å². The summed E-state index contributed by atoms with van der Waals surface area (Å²) in [7, 11) is -3.57. The molecule has 2 aromatic rings. The molecule has 0 fully saturated rings. The Hall–Kier alpha value is -2.94. The number of unbranched alkanes of at least 4 members (excludes halogenated alkanes) is 1. The van der Waals surface area contributed by atoms with E-state index in [9.17, 15) is 22.4 Å². The van der Waals surface area contributed by atoms with Crippen LogP contribution in [0.5, 0.6) is 0 Å². The van der Waals surface area contributed by atoms with Crippen LogP contribution in [0.2, 0.25) is 0 Å². The van der Waals surface area contributed by atoms with Crippen LogP contribution in [0, 0.1) is 19.7 Å². The first-order chi connectivity index (χ1) is 16.9. The summed E-state index contributed by atoms with van der Waals surface area (Å²) in [4.78, 5) is 27.3. The standard InChI is InChI=1S/C27H38FN3O4S/c1-6-7-14-29-27(33)22(4)30(19-23-11-8-9-12-25(23)28)26(32)13-10-15-31(36(5,34)35)24-17-20(2)16-21(3)18-24/h8-9,11-12,16-18,22H,6-7,10,13-15,19H2,1-5H3,(H,29,33)/t22-/m0/s1. The number of carbonyl (C=O) groups is 2. The van der Waals surface area contributed by atoms with Crippen molar-refractivity contribution >= 4 is 27.5 Å². The number of aryl methyl sites for hydroxylation is 2. The molecule has 1 N–H and O–H groups in total. The number of sulfonamides is 1. The number of benzene rings is 2. The van der Waals surface area contributed by atoms with E-state index >= 15 is 0 Å². The van der Waals surface area contributed by atoms with E-state index in [2.05, 4.69) is 5.32 Å². The smallest absolute Gasteiger partial charge is 0.242 e. The highest BCUT2D eigenvalue weighted by atomic mass is 32.2. The summed E-state index contributed by atoms with van der Waals surface area (Å²) in [6.45, 7) is 7.99. The molecule has 0 unspecified atom stereocenters. The molecule has 0 heterocycles. The normalized spacial score (nSPS) is 12.2. The monoisotopic (exact) mass is 519 g/mol. The molecule has 0 saturated heterocycles. The Kier molecular flexibility index (Phi) is 10.9. The van der Waals surface area contributed by atoms with Crippen molar-refractivity contribution in [3.05, 3.63) is 65.0 Å². The van der Waals surface area contributed by atoms with Gasteiger partial charge in [-0.25, -0.2) is 12.8 Å². The minimum atomic E-state index is -3.57. The lowest BCUT2D eigenvalue weighted by Crippen LogP contribution is -2.48. The number of carbonyl (C=O) groups excluding carboxylic acids is 2. The van der Waals surface area contributed by atoms with E-state index in [1.807, 2.05) is 26.8 Å². The topological polar surface area (TPSA) is 86.8 Å². The van der Waals surface area contributed by atoms with E-state index in [1.54, 1.807) is 37.3 Å². The van der Waals surface area contributed by atoms with Crippen molar-refractivity contribution in [1.29, 1.82) is 0 Å². The molecular weight excluding hydrogens is 481 g/mol. The summed E-state index contributed by atoms with van der Waals surface area (Å²) in [5.41, 5.74) is 2.74. The maximum Gasteiger partial charge on any atom is 0.242 e. The zero-order chi connectivity index (χ0) is 26.9. The van der Waals surface area contributed by atoms with Crippen molar-refractivity contribution < 1.29 is 22.4 Å². The Morgan fingerprint density at radius 1 is 1.06 bits per heavy atom. The molecule has 2 aromatic carbocycles. The molecule has 0 aromatic heterocycles. The van der Waals surface area contributed by atoms with Gasteiger partial charge in [-0.3, -0.25) is 13.9 Å². The van der Waals surface area contributed by atoms with Crippen LogP contribution in [0.25, 0.3) is 0 Å². The number of nitrogens with zero attached hydrogens (tertiary/aromatic N) is 2. The number of anilines is 1. The molecule has 0 radical (unpaired) electrons. The van der Waals surface area contributed by atoms with Crippen LogP contribution in [0.1, 0.15) is 56.2 Å². The molecule has 2 rings (SSSR count). The van der Waals surface area contributed by atoms with Gasteiger partial charge in [-0.1, -0.05) is 37.6 Å². The molecule has 9 heteroatoms. The lowest BCUT2D eigenvalue weighted by molar-refractivity contribution is -0.140. The molecule has 0 bridgehead atoms. The predicted molar refractivity (Wildman–Crippen MR) is 142 cm³/mol. The number of rotatable bonds is 13. The van der Waals surface area contributed by atoms with Crippen molar-refractivity contribution in [2.24, 2.45) is 0 Å². The summed E-state index contributed by atoms with van der Waals surface area (Å²) in [5.74, 6) is -1.10. The van der Waals surface area contributed by atoms with Gasteiger partial charge in [0.25, 0.3) is 0 Å². The van der Waals surface area contributed by atoms with Gasteiger partial charge in [0.15, 0.2) is 0 Å². The molecule has 2 amide bonds. The van der Waals surface area contributed by atoms with Crippen LogP contribution in [-0.4, -0.2) is 50.5 Å². The van der Waals surface area contributed by atoms with Crippen LogP contribution in [0.3, 0.4) is 0 Å². The van der Waals surface area contributed by atoms with Crippen molar-refractivity contribution in [2.75, 3.05) is 23.7 Å². The molecule has 36 heavy (non-hydrogen) atoms. The highest BCUT2D eigenvalue weighted by molar-refractivity contribution is 7.92. The average molecular weight is 520 g/mol. The van der Waals surface area contributed by atoms with Crippen molar-refractivity contribution in [1.82, 2.24) is 10.2 Å². The second-order valence-corrected chi connectivity index (χ2v) is 11.1. The first-order valence-electron chi connectivity index (χ1n) is 12.3. The van der Waals surface area contributed by atoms with Gasteiger partial charge in [-0.2, -0.15) is 0 Å². The number of hydrogen-bond acceptors (Lipinski definition) is 4.